The van der Waals surface area contributed by atoms with Gasteiger partial charge in [0.05, 0.1) is 29.8 Å². The zero-order valence-electron chi connectivity index (χ0n) is 34.9. The van der Waals surface area contributed by atoms with Gasteiger partial charge in [-0.05, 0) is 83.6 Å². The van der Waals surface area contributed by atoms with Crippen LogP contribution < -0.4 is 0 Å². The predicted octanol–water partition coefficient (Wildman–Crippen LogP) is -0.0463. The van der Waals surface area contributed by atoms with Crippen LogP contribution in [0.1, 0.15) is 94.4 Å². The number of hydrogen-bond donors (Lipinski definition) is 9. The maximum atomic E-state index is 15.0. The molecule has 0 aromatic heterocycles. The maximum absolute atomic E-state index is 15.0. The number of carbonyl (C=O) groups excluding carboxylic acids is 3. The number of rotatable bonds is 10. The molecule has 2 heterocycles. The average Bonchev–Trinajstić information content (AvgIpc) is 3.34. The van der Waals surface area contributed by atoms with Crippen LogP contribution in [0, 0.1) is 39.4 Å². The Hall–Kier alpha value is -2.19. The van der Waals surface area contributed by atoms with Crippen molar-refractivity contribution in [3.8, 4) is 0 Å². The molecule has 0 amide bonds. The van der Waals surface area contributed by atoms with Gasteiger partial charge in [-0.2, -0.15) is 0 Å². The zero-order valence-corrected chi connectivity index (χ0v) is 34.9. The van der Waals surface area contributed by atoms with Crippen molar-refractivity contribution < 1.29 is 79.3 Å². The van der Waals surface area contributed by atoms with E-state index in [9.17, 15) is 60.3 Å². The fourth-order valence-corrected chi connectivity index (χ4v) is 11.6. The summed E-state index contributed by atoms with van der Waals surface area (Å²) >= 11 is 0. The Morgan fingerprint density at radius 2 is 1.52 bits per heavy atom. The molecule has 0 aromatic rings. The molecular weight excluding hydrogens is 760 g/mol. The molecule has 6 rings (SSSR count). The predicted molar refractivity (Wildman–Crippen MR) is 202 cm³/mol. The van der Waals surface area contributed by atoms with Crippen LogP contribution in [-0.2, 0) is 33.3 Å². The highest BCUT2D eigenvalue weighted by Gasteiger charge is 2.74. The second kappa shape index (κ2) is 15.0. The van der Waals surface area contributed by atoms with Crippen molar-refractivity contribution in [2.45, 2.75) is 173 Å². The fraction of sp³-hybridized carbons (Fsp3) is 0.833. The quantitative estimate of drug-likeness (QED) is 0.131. The monoisotopic (exact) mass is 824 g/mol. The highest BCUT2D eigenvalue weighted by Crippen LogP contribution is 2.74. The molecule has 16 nitrogen and oxygen atoms in total. The molecule has 0 unspecified atom stereocenters. The number of allylic oxidation sites excluding steroid dienone is 4. The molecule has 58 heavy (non-hydrogen) atoms. The summed E-state index contributed by atoms with van der Waals surface area (Å²) < 4.78 is 23.6. The van der Waals surface area contributed by atoms with Crippen molar-refractivity contribution in [2.75, 3.05) is 6.61 Å². The third-order valence-corrected chi connectivity index (χ3v) is 15.3. The smallest absolute Gasteiger partial charge is 0.229 e. The van der Waals surface area contributed by atoms with E-state index in [0.717, 1.165) is 0 Å². The first-order valence-electron chi connectivity index (χ1n) is 20.4. The number of carbonyl (C=O) groups is 3. The van der Waals surface area contributed by atoms with Crippen molar-refractivity contribution in [3.63, 3.8) is 0 Å². The van der Waals surface area contributed by atoms with E-state index in [-0.39, 0.29) is 37.2 Å². The number of ether oxygens (including phenoxy) is 4. The average molecular weight is 825 g/mol. The van der Waals surface area contributed by atoms with Crippen LogP contribution >= 0.6 is 0 Å². The molecule has 4 aliphatic carbocycles. The summed E-state index contributed by atoms with van der Waals surface area (Å²) in [6.45, 7) is 14.3. The van der Waals surface area contributed by atoms with Gasteiger partial charge in [0, 0.05) is 30.1 Å². The Kier molecular flexibility index (Phi) is 11.7. The molecule has 0 bridgehead atoms. The van der Waals surface area contributed by atoms with Gasteiger partial charge < -0.3 is 64.9 Å². The Bertz CT molecular complexity index is 1700. The summed E-state index contributed by atoms with van der Waals surface area (Å²) in [5, 5.41) is 97.4. The molecule has 328 valence electrons. The summed E-state index contributed by atoms with van der Waals surface area (Å²) in [7, 11) is 0. The Balaban J connectivity index is 1.36. The zero-order chi connectivity index (χ0) is 43.5. The standard InChI is InChI=1S/C42H64O16/c1-18-27(47)29(49)31(51)35(55-18)58-32-30(50)28(48)23(17-43)57-36(32)56-22-14-20-19(38(4,5)34(22)52)10-11-24-39(6)15-21(44)33(40(39,7)16-26(46)41(20,24)8)42(9,54)25(45)12-13-37(2,3)53/h10,14,18,20-21,23-24,27-33,35-36,43-44,47-51,53-54H,11-13,15-17H2,1-9H3/t18-,20+,21+,23+,24-,27+,28+,29+,30-,31+,32+,33-,35-,36+,39-,40+,41-,42-/m0/s1. The summed E-state index contributed by atoms with van der Waals surface area (Å²) in [5.74, 6) is -3.67. The SMILES string of the molecule is C[C@@H]1O[C@@H](O[C@H]2[C@H](OC3=C[C@@H]4C(=CC[C@@H]5[C@@]4(C)C(=O)C[C@]4(C)[C@@H]([C@@](C)(O)C(=O)CCC(C)(C)O)[C@H](O)C[C@@]54C)C(C)(C)C3=O)O[C@H](CO)[C@@H](O)[C@@H]2O)[C@H](O)[C@H](O)[C@@H]1O. The van der Waals surface area contributed by atoms with Crippen LogP contribution in [0.25, 0.3) is 0 Å². The molecule has 9 N–H and O–H groups in total. The van der Waals surface area contributed by atoms with Crippen LogP contribution in [0.4, 0.5) is 0 Å². The van der Waals surface area contributed by atoms with E-state index in [4.69, 9.17) is 18.9 Å². The van der Waals surface area contributed by atoms with Crippen LogP contribution in [0.3, 0.4) is 0 Å². The van der Waals surface area contributed by atoms with Gasteiger partial charge in [-0.1, -0.05) is 32.4 Å². The van der Waals surface area contributed by atoms with Crippen LogP contribution in [0.15, 0.2) is 23.5 Å². The Morgan fingerprint density at radius 1 is 0.879 bits per heavy atom. The summed E-state index contributed by atoms with van der Waals surface area (Å²) in [5.41, 5.74) is -6.77. The van der Waals surface area contributed by atoms with Crippen LogP contribution in [0.2, 0.25) is 0 Å². The second-order valence-electron chi connectivity index (χ2n) is 19.9. The highest BCUT2D eigenvalue weighted by molar-refractivity contribution is 6.02. The molecule has 4 fully saturated rings. The number of aliphatic hydroxyl groups is 9. The number of hydrogen-bond acceptors (Lipinski definition) is 16. The van der Waals surface area contributed by atoms with Gasteiger partial charge in [0.25, 0.3) is 0 Å². The van der Waals surface area contributed by atoms with Crippen LogP contribution in [0.5, 0.6) is 0 Å². The number of ketones is 3. The van der Waals surface area contributed by atoms with E-state index in [1.807, 2.05) is 26.8 Å². The maximum Gasteiger partial charge on any atom is 0.229 e. The van der Waals surface area contributed by atoms with E-state index >= 15 is 0 Å². The molecule has 2 aliphatic heterocycles. The number of fused-ring (bicyclic) bond motifs is 5. The summed E-state index contributed by atoms with van der Waals surface area (Å²) in [4.78, 5) is 42.9. The summed E-state index contributed by atoms with van der Waals surface area (Å²) in [6.07, 6.45) is -13.2. The Labute approximate surface area is 338 Å². The van der Waals surface area contributed by atoms with Crippen molar-refractivity contribution in [1.29, 1.82) is 0 Å². The topological polar surface area (TPSA) is 270 Å². The third-order valence-electron chi connectivity index (χ3n) is 15.3. The van der Waals surface area contributed by atoms with Gasteiger partial charge >= 0.3 is 0 Å². The van der Waals surface area contributed by atoms with E-state index in [0.29, 0.717) is 12.0 Å². The first-order chi connectivity index (χ1) is 26.6. The highest BCUT2D eigenvalue weighted by atomic mass is 16.8. The number of aliphatic hydroxyl groups excluding tert-OH is 7. The molecule has 0 aromatic carbocycles. The van der Waals surface area contributed by atoms with E-state index in [2.05, 4.69) is 0 Å². The van der Waals surface area contributed by atoms with Crippen molar-refractivity contribution in [1.82, 2.24) is 0 Å². The van der Waals surface area contributed by atoms with Gasteiger partial charge in [-0.15, -0.1) is 0 Å². The van der Waals surface area contributed by atoms with Gasteiger partial charge in [-0.3, -0.25) is 14.4 Å². The molecule has 0 spiro atoms. The Morgan fingerprint density at radius 3 is 2.12 bits per heavy atom. The van der Waals surface area contributed by atoms with Gasteiger partial charge in [-0.25, -0.2) is 0 Å². The summed E-state index contributed by atoms with van der Waals surface area (Å²) in [6, 6.07) is 0. The molecule has 2 saturated heterocycles. The van der Waals surface area contributed by atoms with Gasteiger partial charge in [0.2, 0.25) is 12.1 Å². The van der Waals surface area contributed by atoms with Crippen molar-refractivity contribution in [3.05, 3.63) is 23.5 Å². The first kappa shape index (κ1) is 45.3. The normalized spacial score (nSPS) is 47.6. The van der Waals surface area contributed by atoms with E-state index in [1.54, 1.807) is 27.7 Å². The fourth-order valence-electron chi connectivity index (χ4n) is 11.6. The lowest BCUT2D eigenvalue weighted by Gasteiger charge is -2.63. The minimum atomic E-state index is -2.02. The largest absolute Gasteiger partial charge is 0.459 e. The minimum absolute atomic E-state index is 0.0953. The molecule has 18 atom stereocenters. The molecule has 0 radical (unpaired) electrons. The number of Topliss-reactive ketones (excluding diaryl/α,β-unsaturated/α-hetero) is 3. The van der Waals surface area contributed by atoms with Crippen molar-refractivity contribution >= 4 is 17.3 Å². The van der Waals surface area contributed by atoms with Gasteiger partial charge in [0.1, 0.15) is 48.0 Å². The van der Waals surface area contributed by atoms with E-state index < -0.39 is 136 Å². The van der Waals surface area contributed by atoms with Crippen molar-refractivity contribution in [2.24, 2.45) is 39.4 Å². The molecule has 16 heteroatoms. The third kappa shape index (κ3) is 6.87. The lowest BCUT2D eigenvalue weighted by Crippen LogP contribution is -2.65. The minimum Gasteiger partial charge on any atom is -0.459 e. The van der Waals surface area contributed by atoms with E-state index in [1.165, 1.54) is 19.9 Å². The molecular formula is C42H64O16. The molecule has 2 saturated carbocycles. The van der Waals surface area contributed by atoms with Crippen LogP contribution in [-0.4, -0.2) is 149 Å². The molecule has 6 aliphatic rings. The lowest BCUT2D eigenvalue weighted by molar-refractivity contribution is -0.360. The first-order valence-corrected chi connectivity index (χ1v) is 20.4. The second-order valence-corrected chi connectivity index (χ2v) is 19.9. The van der Waals surface area contributed by atoms with Gasteiger partial charge in [0.15, 0.2) is 23.9 Å². The lowest BCUT2D eigenvalue weighted by atomic mass is 9.39.